The van der Waals surface area contributed by atoms with E-state index in [9.17, 15) is 9.59 Å². The van der Waals surface area contributed by atoms with Crippen LogP contribution in [-0.2, 0) is 16.0 Å². The summed E-state index contributed by atoms with van der Waals surface area (Å²) in [5.41, 5.74) is 0.719. The van der Waals surface area contributed by atoms with Gasteiger partial charge in [-0.15, -0.1) is 0 Å². The Kier molecular flexibility index (Phi) is 9.38. The van der Waals surface area contributed by atoms with E-state index in [2.05, 4.69) is 21.2 Å². The minimum Gasteiger partial charge on any atom is -0.483 e. The second kappa shape index (κ2) is 11.5. The fourth-order valence-electron chi connectivity index (χ4n) is 3.16. The molecule has 0 bridgehead atoms. The predicted molar refractivity (Wildman–Crippen MR) is 128 cm³/mol. The Morgan fingerprint density at radius 1 is 1.16 bits per heavy atom. The molecule has 2 amide bonds. The van der Waals surface area contributed by atoms with Crippen LogP contribution in [0, 0.1) is 0 Å². The number of carbonyl (C=O) groups excluding carboxylic acids is 2. The zero-order chi connectivity index (χ0) is 23.0. The molecular formula is C24H30BrClN2O3. The molecule has 2 aromatic carbocycles. The van der Waals surface area contributed by atoms with Crippen LogP contribution in [-0.4, -0.2) is 41.4 Å². The van der Waals surface area contributed by atoms with Crippen LogP contribution in [0.3, 0.4) is 0 Å². The third-order valence-corrected chi connectivity index (χ3v) is 5.47. The summed E-state index contributed by atoms with van der Waals surface area (Å²) in [5, 5.41) is 3.57. The van der Waals surface area contributed by atoms with Crippen LogP contribution in [0.15, 0.2) is 53.0 Å². The number of carbonyl (C=O) groups is 2. The van der Waals surface area contributed by atoms with Gasteiger partial charge in [0.05, 0.1) is 4.47 Å². The van der Waals surface area contributed by atoms with Gasteiger partial charge in [-0.1, -0.05) is 48.9 Å². The summed E-state index contributed by atoms with van der Waals surface area (Å²) in [6.07, 6.45) is 1.16. The molecule has 0 aliphatic carbocycles. The molecule has 0 saturated heterocycles. The third-order valence-electron chi connectivity index (χ3n) is 4.61. The minimum absolute atomic E-state index is 0.163. The molecule has 5 nitrogen and oxygen atoms in total. The van der Waals surface area contributed by atoms with Crippen molar-refractivity contribution in [2.45, 2.75) is 52.1 Å². The van der Waals surface area contributed by atoms with Gasteiger partial charge in [0.2, 0.25) is 5.91 Å². The van der Waals surface area contributed by atoms with Crippen molar-refractivity contribution in [3.05, 3.63) is 63.6 Å². The van der Waals surface area contributed by atoms with Gasteiger partial charge < -0.3 is 15.0 Å². The van der Waals surface area contributed by atoms with E-state index in [-0.39, 0.29) is 24.0 Å². The number of amides is 2. The molecule has 0 saturated carbocycles. The second-order valence-electron chi connectivity index (χ2n) is 8.35. The first kappa shape index (κ1) is 25.2. The van der Waals surface area contributed by atoms with Crippen LogP contribution in [0.5, 0.6) is 5.75 Å². The van der Waals surface area contributed by atoms with E-state index < -0.39 is 6.04 Å². The van der Waals surface area contributed by atoms with E-state index in [4.69, 9.17) is 16.3 Å². The second-order valence-corrected chi connectivity index (χ2v) is 9.64. The maximum absolute atomic E-state index is 13.2. The standard InChI is InChI=1S/C24H30BrClN2O3/c1-5-20(23(30)27-24(2,3)4)28(14-13-17-9-7-6-8-10-17)22(29)16-31-21-12-11-18(26)15-19(21)25/h6-12,15,20H,5,13-14,16H2,1-4H3,(H,27,30). The molecule has 0 spiro atoms. The van der Waals surface area contributed by atoms with Crippen molar-refractivity contribution in [2.24, 2.45) is 0 Å². The van der Waals surface area contributed by atoms with Gasteiger partial charge in [0.15, 0.2) is 6.61 Å². The van der Waals surface area contributed by atoms with E-state index in [1.807, 2.05) is 58.0 Å². The molecule has 0 aromatic heterocycles. The Labute approximate surface area is 198 Å². The molecule has 7 heteroatoms. The van der Waals surface area contributed by atoms with E-state index in [0.29, 0.717) is 34.6 Å². The Balaban J connectivity index is 2.17. The van der Waals surface area contributed by atoms with Crippen LogP contribution in [0.25, 0.3) is 0 Å². The molecule has 0 aliphatic heterocycles. The first-order chi connectivity index (χ1) is 14.6. The van der Waals surface area contributed by atoms with Crippen LogP contribution in [0.1, 0.15) is 39.7 Å². The van der Waals surface area contributed by atoms with Gasteiger partial charge in [-0.05, 0) is 73.3 Å². The number of ether oxygens (including phenoxy) is 1. The highest BCUT2D eigenvalue weighted by Gasteiger charge is 2.30. The van der Waals surface area contributed by atoms with Crippen molar-refractivity contribution in [3.8, 4) is 5.75 Å². The van der Waals surface area contributed by atoms with E-state index in [1.165, 1.54) is 0 Å². The smallest absolute Gasteiger partial charge is 0.261 e. The lowest BCUT2D eigenvalue weighted by atomic mass is 10.1. The quantitative estimate of drug-likeness (QED) is 0.502. The first-order valence-electron chi connectivity index (χ1n) is 10.3. The van der Waals surface area contributed by atoms with Crippen molar-refractivity contribution in [3.63, 3.8) is 0 Å². The highest BCUT2D eigenvalue weighted by atomic mass is 79.9. The fraction of sp³-hybridized carbons (Fsp3) is 0.417. The molecule has 1 unspecified atom stereocenters. The Morgan fingerprint density at radius 3 is 2.42 bits per heavy atom. The van der Waals surface area contributed by atoms with Crippen LogP contribution in [0.2, 0.25) is 5.02 Å². The zero-order valence-corrected chi connectivity index (χ0v) is 20.8. The number of rotatable bonds is 9. The third kappa shape index (κ3) is 8.19. The summed E-state index contributed by atoms with van der Waals surface area (Å²) >= 11 is 9.37. The lowest BCUT2D eigenvalue weighted by molar-refractivity contribution is -0.142. The fourth-order valence-corrected chi connectivity index (χ4v) is 3.96. The molecule has 1 N–H and O–H groups in total. The lowest BCUT2D eigenvalue weighted by Gasteiger charge is -2.33. The summed E-state index contributed by atoms with van der Waals surface area (Å²) in [6, 6.07) is 14.4. The summed E-state index contributed by atoms with van der Waals surface area (Å²) in [5.74, 6) is 0.116. The average Bonchev–Trinajstić information content (AvgIpc) is 2.69. The number of hydrogen-bond donors (Lipinski definition) is 1. The van der Waals surface area contributed by atoms with Gasteiger partial charge >= 0.3 is 0 Å². The van der Waals surface area contributed by atoms with Gasteiger partial charge in [0.1, 0.15) is 11.8 Å². The number of hydrogen-bond acceptors (Lipinski definition) is 3. The van der Waals surface area contributed by atoms with Crippen molar-refractivity contribution >= 4 is 39.3 Å². The van der Waals surface area contributed by atoms with Crippen LogP contribution < -0.4 is 10.1 Å². The summed E-state index contributed by atoms with van der Waals surface area (Å²) < 4.78 is 6.40. The first-order valence-corrected chi connectivity index (χ1v) is 11.5. The Morgan fingerprint density at radius 2 is 1.84 bits per heavy atom. The van der Waals surface area contributed by atoms with E-state index in [1.54, 1.807) is 23.1 Å². The zero-order valence-electron chi connectivity index (χ0n) is 18.5. The Hall–Kier alpha value is -2.05. The molecule has 31 heavy (non-hydrogen) atoms. The van der Waals surface area contributed by atoms with Gasteiger partial charge in [-0.3, -0.25) is 9.59 Å². The highest BCUT2D eigenvalue weighted by molar-refractivity contribution is 9.10. The number of nitrogens with one attached hydrogen (secondary N) is 1. The number of benzene rings is 2. The van der Waals surface area contributed by atoms with Crippen molar-refractivity contribution in [2.75, 3.05) is 13.2 Å². The molecule has 168 valence electrons. The monoisotopic (exact) mass is 508 g/mol. The lowest BCUT2D eigenvalue weighted by Crippen LogP contribution is -2.54. The van der Waals surface area contributed by atoms with Crippen molar-refractivity contribution in [1.82, 2.24) is 10.2 Å². The maximum Gasteiger partial charge on any atom is 0.261 e. The normalized spacial score (nSPS) is 12.2. The van der Waals surface area contributed by atoms with Gasteiger partial charge in [-0.2, -0.15) is 0 Å². The summed E-state index contributed by atoms with van der Waals surface area (Å²) in [7, 11) is 0. The van der Waals surface area contributed by atoms with E-state index in [0.717, 1.165) is 5.56 Å². The number of nitrogens with zero attached hydrogens (tertiary/aromatic N) is 1. The highest BCUT2D eigenvalue weighted by Crippen LogP contribution is 2.28. The molecule has 2 aromatic rings. The van der Waals surface area contributed by atoms with Gasteiger partial charge in [0.25, 0.3) is 5.91 Å². The Bertz CT molecular complexity index is 884. The van der Waals surface area contributed by atoms with Crippen LogP contribution in [0.4, 0.5) is 0 Å². The molecule has 0 heterocycles. The number of halogens is 2. The maximum atomic E-state index is 13.2. The molecule has 0 radical (unpaired) electrons. The predicted octanol–water partition coefficient (Wildman–Crippen LogP) is 5.25. The van der Waals surface area contributed by atoms with Gasteiger partial charge in [-0.25, -0.2) is 0 Å². The van der Waals surface area contributed by atoms with Crippen molar-refractivity contribution in [1.29, 1.82) is 0 Å². The van der Waals surface area contributed by atoms with E-state index >= 15 is 0 Å². The van der Waals surface area contributed by atoms with Crippen molar-refractivity contribution < 1.29 is 14.3 Å². The topological polar surface area (TPSA) is 58.6 Å². The largest absolute Gasteiger partial charge is 0.483 e. The average molecular weight is 510 g/mol. The molecule has 1 atom stereocenters. The molecule has 2 rings (SSSR count). The van der Waals surface area contributed by atoms with Gasteiger partial charge in [0, 0.05) is 17.1 Å². The summed E-state index contributed by atoms with van der Waals surface area (Å²) in [6.45, 7) is 7.93. The molecule has 0 fully saturated rings. The molecular weight excluding hydrogens is 480 g/mol. The molecule has 0 aliphatic rings. The SMILES string of the molecule is CCC(C(=O)NC(C)(C)C)N(CCc1ccccc1)C(=O)COc1ccc(Cl)cc1Br. The van der Waals surface area contributed by atoms with Crippen LogP contribution >= 0.6 is 27.5 Å². The summed E-state index contributed by atoms with van der Waals surface area (Å²) in [4.78, 5) is 27.7. The minimum atomic E-state index is -0.576.